The van der Waals surface area contributed by atoms with Crippen LogP contribution in [0.3, 0.4) is 0 Å². The number of benzene rings is 2. The molecule has 0 aromatic heterocycles. The lowest BCUT2D eigenvalue weighted by molar-refractivity contribution is -0.140. The maximum absolute atomic E-state index is 13.4. The fourth-order valence-electron chi connectivity index (χ4n) is 2.52. The Kier molecular flexibility index (Phi) is 7.28. The van der Waals surface area contributed by atoms with Gasteiger partial charge in [-0.3, -0.25) is 4.79 Å². The van der Waals surface area contributed by atoms with E-state index in [0.29, 0.717) is 24.3 Å². The first kappa shape index (κ1) is 20.1. The molecule has 0 saturated heterocycles. The Morgan fingerprint density at radius 1 is 0.846 bits per heavy atom. The number of hydrogen-bond acceptors (Lipinski definition) is 5. The number of carbonyl (C=O) groups is 1. The topological polar surface area (TPSA) is 61.8 Å². The average Bonchev–Trinajstić information content (AvgIpc) is 2.62. The van der Waals surface area contributed by atoms with E-state index in [9.17, 15) is 9.36 Å². The van der Waals surface area contributed by atoms with Gasteiger partial charge in [-0.2, -0.15) is 0 Å². The molecular weight excluding hydrogens is 351 g/mol. The minimum atomic E-state index is -3.80. The number of ether oxygens (including phenoxy) is 1. The van der Waals surface area contributed by atoms with Gasteiger partial charge in [-0.1, -0.05) is 50.2 Å². The fraction of sp³-hybridized carbons (Fsp3) is 0.350. The molecule has 2 aromatic carbocycles. The van der Waals surface area contributed by atoms with E-state index in [1.54, 1.807) is 31.2 Å². The van der Waals surface area contributed by atoms with E-state index in [-0.39, 0.29) is 6.61 Å². The standard InChI is InChI=1S/C20H25O5P/c1-4-16-11-7-9-13-18(16)24-26(22,15-20(21)23-6-3)25-19-14-10-8-12-17(19)5-2/h7-14H,4-6,15H2,1-3H3. The van der Waals surface area contributed by atoms with Crippen molar-refractivity contribution in [3.8, 4) is 11.5 Å². The lowest BCUT2D eigenvalue weighted by Gasteiger charge is -2.22. The summed E-state index contributed by atoms with van der Waals surface area (Å²) in [5, 5.41) is 0. The van der Waals surface area contributed by atoms with E-state index >= 15 is 0 Å². The second-order valence-corrected chi connectivity index (χ2v) is 7.58. The molecule has 0 atom stereocenters. The summed E-state index contributed by atoms with van der Waals surface area (Å²) in [6.07, 6.45) is 0.971. The predicted octanol–water partition coefficient (Wildman–Crippen LogP) is 5.03. The van der Waals surface area contributed by atoms with E-state index in [0.717, 1.165) is 11.1 Å². The molecule has 0 saturated carbocycles. The van der Waals surface area contributed by atoms with Crippen LogP contribution in [0.4, 0.5) is 0 Å². The summed E-state index contributed by atoms with van der Waals surface area (Å²) >= 11 is 0. The molecule has 26 heavy (non-hydrogen) atoms. The van der Waals surface area contributed by atoms with Crippen molar-refractivity contribution in [2.24, 2.45) is 0 Å². The molecule has 0 radical (unpaired) electrons. The monoisotopic (exact) mass is 376 g/mol. The summed E-state index contributed by atoms with van der Waals surface area (Å²) in [5.74, 6) is 0.298. The molecule has 0 fully saturated rings. The summed E-state index contributed by atoms with van der Waals surface area (Å²) in [5.41, 5.74) is 1.79. The number of esters is 1. The van der Waals surface area contributed by atoms with Crippen molar-refractivity contribution in [3.05, 3.63) is 59.7 Å². The molecule has 0 aliphatic heterocycles. The van der Waals surface area contributed by atoms with Crippen LogP contribution in [0.15, 0.2) is 48.5 Å². The number of rotatable bonds is 9. The minimum absolute atomic E-state index is 0.204. The normalized spacial score (nSPS) is 11.0. The average molecular weight is 376 g/mol. The number of para-hydroxylation sites is 2. The fourth-order valence-corrected chi connectivity index (χ4v) is 4.05. The summed E-state index contributed by atoms with van der Waals surface area (Å²) < 4.78 is 29.9. The van der Waals surface area contributed by atoms with Crippen LogP contribution in [0.25, 0.3) is 0 Å². The molecule has 5 nitrogen and oxygen atoms in total. The van der Waals surface area contributed by atoms with Crippen LogP contribution >= 0.6 is 7.60 Å². The third-order valence-electron chi connectivity index (χ3n) is 3.81. The summed E-state index contributed by atoms with van der Waals surface area (Å²) in [4.78, 5) is 12.0. The third kappa shape index (κ3) is 5.37. The zero-order chi connectivity index (χ0) is 19.0. The van der Waals surface area contributed by atoms with Crippen LogP contribution in [0, 0.1) is 0 Å². The minimum Gasteiger partial charge on any atom is -0.465 e. The molecule has 0 heterocycles. The maximum atomic E-state index is 13.4. The molecule has 0 spiro atoms. The van der Waals surface area contributed by atoms with Crippen LogP contribution in [0.1, 0.15) is 31.9 Å². The smallest absolute Gasteiger partial charge is 0.441 e. The Morgan fingerprint density at radius 3 is 1.73 bits per heavy atom. The highest BCUT2D eigenvalue weighted by Crippen LogP contribution is 2.50. The number of carbonyl (C=O) groups excluding carboxylic acids is 1. The van der Waals surface area contributed by atoms with Crippen molar-refractivity contribution in [2.45, 2.75) is 33.6 Å². The van der Waals surface area contributed by atoms with Gasteiger partial charge in [0.15, 0.2) is 6.16 Å². The highest BCUT2D eigenvalue weighted by atomic mass is 31.2. The van der Waals surface area contributed by atoms with Crippen molar-refractivity contribution in [1.82, 2.24) is 0 Å². The molecule has 6 heteroatoms. The molecule has 0 N–H and O–H groups in total. The molecule has 0 aliphatic rings. The van der Waals surface area contributed by atoms with Gasteiger partial charge in [0.2, 0.25) is 0 Å². The molecule has 0 bridgehead atoms. The first-order valence-corrected chi connectivity index (χ1v) is 10.5. The molecule has 140 valence electrons. The highest BCUT2D eigenvalue weighted by Gasteiger charge is 2.34. The maximum Gasteiger partial charge on any atom is 0.441 e. The van der Waals surface area contributed by atoms with Crippen molar-refractivity contribution in [1.29, 1.82) is 0 Å². The molecule has 0 unspecified atom stereocenters. The predicted molar refractivity (Wildman–Crippen MR) is 102 cm³/mol. The van der Waals surface area contributed by atoms with Crippen molar-refractivity contribution in [3.63, 3.8) is 0 Å². The van der Waals surface area contributed by atoms with E-state index in [2.05, 4.69) is 0 Å². The Balaban J connectivity index is 2.35. The van der Waals surface area contributed by atoms with Crippen LogP contribution in [0.5, 0.6) is 11.5 Å². The van der Waals surface area contributed by atoms with Crippen LogP contribution in [0.2, 0.25) is 0 Å². The van der Waals surface area contributed by atoms with Gasteiger partial charge in [-0.25, -0.2) is 4.57 Å². The lowest BCUT2D eigenvalue weighted by Crippen LogP contribution is -2.16. The summed E-state index contributed by atoms with van der Waals surface area (Å²) in [7, 11) is -3.80. The Bertz CT molecular complexity index is 734. The van der Waals surface area contributed by atoms with Crippen LogP contribution in [-0.4, -0.2) is 18.7 Å². The van der Waals surface area contributed by atoms with Crippen molar-refractivity contribution >= 4 is 13.6 Å². The van der Waals surface area contributed by atoms with E-state index in [4.69, 9.17) is 13.8 Å². The zero-order valence-electron chi connectivity index (χ0n) is 15.4. The largest absolute Gasteiger partial charge is 0.465 e. The Hall–Kier alpha value is -2.26. The molecule has 0 aliphatic carbocycles. The first-order valence-electron chi connectivity index (χ1n) is 8.81. The van der Waals surface area contributed by atoms with Gasteiger partial charge in [0.05, 0.1) is 6.61 Å². The van der Waals surface area contributed by atoms with E-state index in [1.165, 1.54) is 0 Å². The van der Waals surface area contributed by atoms with E-state index in [1.807, 2.05) is 38.1 Å². The molecule has 2 rings (SSSR count). The van der Waals surface area contributed by atoms with Crippen molar-refractivity contribution < 1.29 is 23.1 Å². The summed E-state index contributed by atoms with van der Waals surface area (Å²) in [6, 6.07) is 14.6. The molecule has 0 amide bonds. The quantitative estimate of drug-likeness (QED) is 0.454. The lowest BCUT2D eigenvalue weighted by atomic mass is 10.1. The van der Waals surface area contributed by atoms with Crippen LogP contribution in [-0.2, 0) is 26.9 Å². The van der Waals surface area contributed by atoms with Gasteiger partial charge < -0.3 is 13.8 Å². The molecular formula is C20H25O5P. The van der Waals surface area contributed by atoms with E-state index < -0.39 is 19.7 Å². The van der Waals surface area contributed by atoms with Gasteiger partial charge in [-0.05, 0) is 43.0 Å². The van der Waals surface area contributed by atoms with Gasteiger partial charge in [0.25, 0.3) is 0 Å². The van der Waals surface area contributed by atoms with Gasteiger partial charge in [0.1, 0.15) is 11.5 Å². The highest BCUT2D eigenvalue weighted by molar-refractivity contribution is 7.55. The van der Waals surface area contributed by atoms with Crippen LogP contribution < -0.4 is 9.05 Å². The third-order valence-corrected chi connectivity index (χ3v) is 5.41. The Morgan fingerprint density at radius 2 is 1.31 bits per heavy atom. The SMILES string of the molecule is CCOC(=O)CP(=O)(Oc1ccccc1CC)Oc1ccccc1CC. The molecule has 2 aromatic rings. The van der Waals surface area contributed by atoms with Gasteiger partial charge >= 0.3 is 13.6 Å². The summed E-state index contributed by atoms with van der Waals surface area (Å²) in [6.45, 7) is 5.86. The van der Waals surface area contributed by atoms with Gasteiger partial charge in [0, 0.05) is 0 Å². The van der Waals surface area contributed by atoms with Crippen molar-refractivity contribution in [2.75, 3.05) is 12.8 Å². The number of aryl methyl sites for hydroxylation is 2. The second kappa shape index (κ2) is 9.44. The Labute approximate surface area is 154 Å². The van der Waals surface area contributed by atoms with Gasteiger partial charge in [-0.15, -0.1) is 0 Å². The number of hydrogen-bond donors (Lipinski definition) is 0. The second-order valence-electron chi connectivity index (χ2n) is 5.68. The first-order chi connectivity index (χ1) is 12.5. The zero-order valence-corrected chi connectivity index (χ0v) is 16.3.